The van der Waals surface area contributed by atoms with Gasteiger partial charge in [0, 0.05) is 25.5 Å². The number of amides is 1. The fourth-order valence-corrected chi connectivity index (χ4v) is 2.72. The lowest BCUT2D eigenvalue weighted by Gasteiger charge is -2.37. The number of nitrogens with one attached hydrogen (secondary N) is 1. The van der Waals surface area contributed by atoms with Gasteiger partial charge in [0.25, 0.3) is 10.2 Å². The molecular weight excluding hydrogens is 290 g/mol. The van der Waals surface area contributed by atoms with Crippen LogP contribution in [0.4, 0.5) is 0 Å². The summed E-state index contributed by atoms with van der Waals surface area (Å²) < 4.78 is 24.0. The summed E-state index contributed by atoms with van der Waals surface area (Å²) in [6.07, 6.45) is 1.74. The van der Waals surface area contributed by atoms with Crippen molar-refractivity contribution in [2.24, 2.45) is 16.5 Å². The van der Waals surface area contributed by atoms with Crippen LogP contribution in [0.1, 0.15) is 26.7 Å². The zero-order valence-corrected chi connectivity index (χ0v) is 12.9. The number of nitrogens with two attached hydrogens (primary N) is 1. The lowest BCUT2D eigenvalue weighted by Crippen LogP contribution is -2.49. The molecule has 0 aromatic carbocycles. The van der Waals surface area contributed by atoms with Crippen molar-refractivity contribution in [3.05, 3.63) is 0 Å². The Morgan fingerprint density at radius 1 is 1.53 bits per heavy atom. The SMILES string of the molecule is CC(C)(CCl)C(=O)N1CCCC(CNS(N)(=O)=O)C1. The van der Waals surface area contributed by atoms with E-state index in [4.69, 9.17) is 16.7 Å². The number of hydrogen-bond acceptors (Lipinski definition) is 3. The highest BCUT2D eigenvalue weighted by Crippen LogP contribution is 2.24. The van der Waals surface area contributed by atoms with Crippen LogP contribution in [0.3, 0.4) is 0 Å². The second-order valence-corrected chi connectivity index (χ2v) is 7.32. The van der Waals surface area contributed by atoms with E-state index in [9.17, 15) is 13.2 Å². The van der Waals surface area contributed by atoms with Crippen LogP contribution in [0.5, 0.6) is 0 Å². The molecule has 1 heterocycles. The molecule has 19 heavy (non-hydrogen) atoms. The largest absolute Gasteiger partial charge is 0.342 e. The van der Waals surface area contributed by atoms with Crippen molar-refractivity contribution in [2.45, 2.75) is 26.7 Å². The summed E-state index contributed by atoms with van der Waals surface area (Å²) in [4.78, 5) is 14.0. The Kier molecular flexibility index (Phi) is 5.61. The minimum atomic E-state index is -3.67. The van der Waals surface area contributed by atoms with E-state index >= 15 is 0 Å². The first kappa shape index (κ1) is 16.7. The van der Waals surface area contributed by atoms with Crippen molar-refractivity contribution in [3.63, 3.8) is 0 Å². The first-order valence-corrected chi connectivity index (χ1v) is 8.36. The van der Waals surface area contributed by atoms with Gasteiger partial charge in [-0.15, -0.1) is 11.6 Å². The van der Waals surface area contributed by atoms with Gasteiger partial charge in [-0.1, -0.05) is 0 Å². The number of hydrogen-bond donors (Lipinski definition) is 2. The Hall–Kier alpha value is -0.370. The average Bonchev–Trinajstić information content (AvgIpc) is 2.35. The Morgan fingerprint density at radius 2 is 2.16 bits per heavy atom. The topological polar surface area (TPSA) is 92.5 Å². The van der Waals surface area contributed by atoms with E-state index in [1.807, 2.05) is 13.8 Å². The Bertz CT molecular complexity index is 425. The number of nitrogens with zero attached hydrogens (tertiary/aromatic N) is 1. The molecule has 1 atom stereocenters. The molecule has 1 fully saturated rings. The lowest BCUT2D eigenvalue weighted by atomic mass is 9.91. The number of carbonyl (C=O) groups excluding carboxylic acids is 1. The molecule has 0 saturated carbocycles. The summed E-state index contributed by atoms with van der Waals surface area (Å²) in [6.45, 7) is 5.14. The van der Waals surface area contributed by atoms with Crippen LogP contribution in [-0.2, 0) is 15.0 Å². The molecular formula is C11H22ClN3O3S. The van der Waals surface area contributed by atoms with Crippen LogP contribution in [0.2, 0.25) is 0 Å². The van der Waals surface area contributed by atoms with Gasteiger partial charge in [0.15, 0.2) is 0 Å². The van der Waals surface area contributed by atoms with Gasteiger partial charge in [-0.2, -0.15) is 8.42 Å². The van der Waals surface area contributed by atoms with Crippen molar-refractivity contribution < 1.29 is 13.2 Å². The minimum absolute atomic E-state index is 0.0165. The van der Waals surface area contributed by atoms with Gasteiger partial charge < -0.3 is 4.90 Å². The first-order chi connectivity index (χ1) is 8.65. The molecule has 1 aliphatic heterocycles. The van der Waals surface area contributed by atoms with Crippen LogP contribution in [0, 0.1) is 11.3 Å². The summed E-state index contributed by atoms with van der Waals surface area (Å²) in [6, 6.07) is 0. The maximum Gasteiger partial charge on any atom is 0.274 e. The quantitative estimate of drug-likeness (QED) is 0.714. The van der Waals surface area contributed by atoms with Crippen LogP contribution >= 0.6 is 11.6 Å². The maximum atomic E-state index is 12.3. The van der Waals surface area contributed by atoms with Crippen LogP contribution in [0.15, 0.2) is 0 Å². The molecule has 1 amide bonds. The molecule has 0 aliphatic carbocycles. The predicted molar refractivity (Wildman–Crippen MR) is 74.9 cm³/mol. The number of likely N-dealkylation sites (tertiary alicyclic amines) is 1. The third-order valence-electron chi connectivity index (χ3n) is 3.29. The summed E-state index contributed by atoms with van der Waals surface area (Å²) in [5, 5.41) is 4.90. The third kappa shape index (κ3) is 5.25. The van der Waals surface area contributed by atoms with E-state index in [-0.39, 0.29) is 24.2 Å². The van der Waals surface area contributed by atoms with Crippen molar-refractivity contribution in [2.75, 3.05) is 25.5 Å². The number of alkyl halides is 1. The molecule has 3 N–H and O–H groups in total. The molecule has 0 radical (unpaired) electrons. The molecule has 0 bridgehead atoms. The van der Waals surface area contributed by atoms with Crippen molar-refractivity contribution in [3.8, 4) is 0 Å². The second kappa shape index (κ2) is 6.39. The predicted octanol–water partition coefficient (Wildman–Crippen LogP) is 0.283. The third-order valence-corrected chi connectivity index (χ3v) is 4.53. The number of rotatable bonds is 5. The van der Waals surface area contributed by atoms with Crippen molar-refractivity contribution in [1.29, 1.82) is 0 Å². The van der Waals surface area contributed by atoms with Gasteiger partial charge >= 0.3 is 0 Å². The van der Waals surface area contributed by atoms with Crippen molar-refractivity contribution in [1.82, 2.24) is 9.62 Å². The highest BCUT2D eigenvalue weighted by Gasteiger charge is 2.33. The monoisotopic (exact) mass is 311 g/mol. The summed E-state index contributed by atoms with van der Waals surface area (Å²) in [7, 11) is -3.67. The second-order valence-electron chi connectivity index (χ2n) is 5.67. The lowest BCUT2D eigenvalue weighted by molar-refractivity contribution is -0.141. The van der Waals surface area contributed by atoms with E-state index in [2.05, 4.69) is 4.72 Å². The smallest absolute Gasteiger partial charge is 0.274 e. The Labute approximate surface area is 119 Å². The molecule has 0 aromatic rings. The van der Waals surface area contributed by atoms with Crippen LogP contribution in [0.25, 0.3) is 0 Å². The fraction of sp³-hybridized carbons (Fsp3) is 0.909. The molecule has 1 unspecified atom stereocenters. The number of carbonyl (C=O) groups is 1. The van der Waals surface area contributed by atoms with Crippen LogP contribution < -0.4 is 9.86 Å². The summed E-state index contributed by atoms with van der Waals surface area (Å²) >= 11 is 5.81. The standard InChI is InChI=1S/C11H22ClN3O3S/c1-11(2,8-12)10(16)15-5-3-4-9(7-15)6-14-19(13,17)18/h9,14H,3-8H2,1-2H3,(H2,13,17,18). The average molecular weight is 312 g/mol. The first-order valence-electron chi connectivity index (χ1n) is 6.28. The summed E-state index contributed by atoms with van der Waals surface area (Å²) in [5.41, 5.74) is -0.586. The molecule has 0 spiro atoms. The summed E-state index contributed by atoms with van der Waals surface area (Å²) in [5.74, 6) is 0.382. The molecule has 1 rings (SSSR count). The fourth-order valence-electron chi connectivity index (χ4n) is 2.14. The van der Waals surface area contributed by atoms with Crippen molar-refractivity contribution >= 4 is 27.7 Å². The molecule has 8 heteroatoms. The molecule has 112 valence electrons. The van der Waals surface area contributed by atoms with E-state index in [0.717, 1.165) is 12.8 Å². The molecule has 6 nitrogen and oxygen atoms in total. The molecule has 1 aliphatic rings. The van der Waals surface area contributed by atoms with Gasteiger partial charge in [-0.25, -0.2) is 9.86 Å². The van der Waals surface area contributed by atoms with E-state index in [0.29, 0.717) is 13.1 Å². The van der Waals surface area contributed by atoms with Gasteiger partial charge in [0.05, 0.1) is 5.41 Å². The highest BCUT2D eigenvalue weighted by molar-refractivity contribution is 7.87. The van der Waals surface area contributed by atoms with E-state index < -0.39 is 15.6 Å². The zero-order valence-electron chi connectivity index (χ0n) is 11.4. The molecule has 0 aromatic heterocycles. The van der Waals surface area contributed by atoms with E-state index in [1.54, 1.807) is 4.90 Å². The zero-order chi connectivity index (χ0) is 14.7. The van der Waals surface area contributed by atoms with Crippen LogP contribution in [-0.4, -0.2) is 44.7 Å². The van der Waals surface area contributed by atoms with E-state index in [1.165, 1.54) is 0 Å². The maximum absolute atomic E-state index is 12.3. The Balaban J connectivity index is 2.57. The van der Waals surface area contributed by atoms with Gasteiger partial charge in [0.2, 0.25) is 5.91 Å². The number of piperidine rings is 1. The van der Waals surface area contributed by atoms with Gasteiger partial charge in [-0.3, -0.25) is 4.79 Å². The highest BCUT2D eigenvalue weighted by atomic mass is 35.5. The minimum Gasteiger partial charge on any atom is -0.342 e. The normalized spacial score (nSPS) is 21.5. The van der Waals surface area contributed by atoms with Gasteiger partial charge in [0.1, 0.15) is 0 Å². The molecule has 1 saturated heterocycles. The number of halogens is 1. The Morgan fingerprint density at radius 3 is 2.68 bits per heavy atom. The van der Waals surface area contributed by atoms with Gasteiger partial charge in [-0.05, 0) is 32.6 Å².